The summed E-state index contributed by atoms with van der Waals surface area (Å²) in [4.78, 5) is 13.2. The van der Waals surface area contributed by atoms with Crippen LogP contribution in [-0.4, -0.2) is 15.0 Å². The molecular weight excluding hydrogens is 416 g/mol. The van der Waals surface area contributed by atoms with E-state index in [1.807, 2.05) is 28.8 Å². The van der Waals surface area contributed by atoms with Crippen molar-refractivity contribution in [2.45, 2.75) is 27.3 Å². The van der Waals surface area contributed by atoms with E-state index in [4.69, 9.17) is 0 Å². The summed E-state index contributed by atoms with van der Waals surface area (Å²) >= 11 is 0. The van der Waals surface area contributed by atoms with Crippen LogP contribution in [0.5, 0.6) is 0 Å². The molecule has 0 radical (unpaired) electrons. The van der Waals surface area contributed by atoms with E-state index in [9.17, 15) is 4.79 Å². The highest BCUT2D eigenvalue weighted by molar-refractivity contribution is 6.18. The Morgan fingerprint density at radius 1 is 0.706 bits per heavy atom. The lowest BCUT2D eigenvalue weighted by Gasteiger charge is -2.10. The van der Waals surface area contributed by atoms with Crippen LogP contribution in [0.1, 0.15) is 24.2 Å². The number of fused-ring (bicyclic) bond motifs is 4. The third-order valence-corrected chi connectivity index (χ3v) is 6.85. The van der Waals surface area contributed by atoms with Gasteiger partial charge in [-0.05, 0) is 49.2 Å². The van der Waals surface area contributed by atoms with E-state index in [1.165, 1.54) is 27.4 Å². The second kappa shape index (κ2) is 7.74. The van der Waals surface area contributed by atoms with E-state index in [0.717, 1.165) is 39.8 Å². The number of benzene rings is 4. The van der Waals surface area contributed by atoms with E-state index in [-0.39, 0.29) is 5.91 Å². The average molecular weight is 443 g/mol. The predicted molar refractivity (Wildman–Crippen MR) is 143 cm³/mol. The van der Waals surface area contributed by atoms with Gasteiger partial charge in [-0.25, -0.2) is 0 Å². The number of hydrogen-bond acceptors (Lipinski definition) is 1. The first-order valence-electron chi connectivity index (χ1n) is 11.8. The molecule has 2 heterocycles. The van der Waals surface area contributed by atoms with Crippen LogP contribution in [0.3, 0.4) is 0 Å². The molecule has 0 fully saturated rings. The van der Waals surface area contributed by atoms with E-state index in [0.29, 0.717) is 0 Å². The summed E-state index contributed by atoms with van der Waals surface area (Å²) in [5, 5.41) is 3.52. The van der Waals surface area contributed by atoms with E-state index >= 15 is 0 Å². The lowest BCUT2D eigenvalue weighted by molar-refractivity contribution is 0.0943. The smallest absolute Gasteiger partial charge is 0.228 e. The summed E-state index contributed by atoms with van der Waals surface area (Å²) < 4.78 is 4.28. The Morgan fingerprint density at radius 2 is 1.32 bits per heavy atom. The van der Waals surface area contributed by atoms with Crippen LogP contribution in [0.15, 0.2) is 91.0 Å². The average Bonchev–Trinajstić information content (AvgIpc) is 3.35. The van der Waals surface area contributed by atoms with Gasteiger partial charge in [0.1, 0.15) is 0 Å². The Morgan fingerprint density at radius 3 is 1.97 bits per heavy atom. The van der Waals surface area contributed by atoms with Crippen molar-refractivity contribution in [2.75, 3.05) is 0 Å². The summed E-state index contributed by atoms with van der Waals surface area (Å²) in [6.45, 7) is 6.86. The van der Waals surface area contributed by atoms with Gasteiger partial charge in [-0.3, -0.25) is 9.36 Å². The Labute approximate surface area is 198 Å². The van der Waals surface area contributed by atoms with Crippen molar-refractivity contribution in [2.24, 2.45) is 0 Å². The van der Waals surface area contributed by atoms with E-state index < -0.39 is 0 Å². The van der Waals surface area contributed by atoms with Gasteiger partial charge in [0.05, 0.1) is 11.2 Å². The predicted octanol–water partition coefficient (Wildman–Crippen LogP) is 8.07. The van der Waals surface area contributed by atoms with Gasteiger partial charge in [-0.15, -0.1) is 0 Å². The van der Waals surface area contributed by atoms with Gasteiger partial charge in [0.25, 0.3) is 0 Å². The van der Waals surface area contributed by atoms with Crippen molar-refractivity contribution in [3.8, 4) is 22.4 Å². The van der Waals surface area contributed by atoms with Crippen molar-refractivity contribution in [1.82, 2.24) is 9.13 Å². The Balaban J connectivity index is 1.86. The van der Waals surface area contributed by atoms with E-state index in [1.54, 1.807) is 6.92 Å². The number of aryl methyl sites for hydroxylation is 2. The first kappa shape index (κ1) is 20.5. The van der Waals surface area contributed by atoms with Crippen molar-refractivity contribution in [3.05, 3.63) is 96.6 Å². The third-order valence-electron chi connectivity index (χ3n) is 6.85. The van der Waals surface area contributed by atoms with Crippen LogP contribution in [0.4, 0.5) is 0 Å². The number of rotatable bonds is 3. The standard InChI is InChI=1S/C31H26N2O/c1-4-32-27-16-15-20(2)17-24(27)25-18-29-26(19-28(25)32)30(22-11-7-5-8-12-22)31(33(29)21(3)34)23-13-9-6-10-14-23/h5-19H,4H2,1-3H3. The molecule has 2 aromatic heterocycles. The highest BCUT2D eigenvalue weighted by Gasteiger charge is 2.24. The lowest BCUT2D eigenvalue weighted by Crippen LogP contribution is -2.07. The molecule has 0 amide bonds. The number of carbonyl (C=O) groups is 1. The van der Waals surface area contributed by atoms with Gasteiger partial charge < -0.3 is 4.57 Å². The minimum absolute atomic E-state index is 0.0146. The molecule has 0 saturated carbocycles. The van der Waals surface area contributed by atoms with Gasteiger partial charge in [-0.1, -0.05) is 72.3 Å². The zero-order chi connectivity index (χ0) is 23.4. The van der Waals surface area contributed by atoms with Crippen LogP contribution in [0, 0.1) is 6.92 Å². The van der Waals surface area contributed by atoms with Crippen LogP contribution in [0.25, 0.3) is 55.1 Å². The van der Waals surface area contributed by atoms with Crippen LogP contribution >= 0.6 is 0 Å². The number of aromatic nitrogens is 2. The fourth-order valence-corrected chi connectivity index (χ4v) is 5.43. The number of carbonyl (C=O) groups excluding carboxylic acids is 1. The molecule has 0 spiro atoms. The number of nitrogens with zero attached hydrogens (tertiary/aromatic N) is 2. The molecule has 0 aliphatic rings. The Bertz CT molecular complexity index is 1700. The first-order chi connectivity index (χ1) is 16.6. The summed E-state index contributed by atoms with van der Waals surface area (Å²) in [6.07, 6.45) is 0. The Kier molecular flexibility index (Phi) is 4.66. The quantitative estimate of drug-likeness (QED) is 0.272. The molecular formula is C31H26N2O. The van der Waals surface area contributed by atoms with Crippen LogP contribution in [-0.2, 0) is 6.54 Å². The van der Waals surface area contributed by atoms with Crippen LogP contribution in [0.2, 0.25) is 0 Å². The molecule has 0 N–H and O–H groups in total. The molecule has 0 aliphatic carbocycles. The molecule has 166 valence electrons. The molecule has 0 saturated heterocycles. The van der Waals surface area contributed by atoms with Crippen molar-refractivity contribution in [3.63, 3.8) is 0 Å². The van der Waals surface area contributed by atoms with Crippen molar-refractivity contribution >= 4 is 38.6 Å². The fourth-order valence-electron chi connectivity index (χ4n) is 5.43. The van der Waals surface area contributed by atoms with Gasteiger partial charge in [0, 0.05) is 46.2 Å². The van der Waals surface area contributed by atoms with Gasteiger partial charge in [-0.2, -0.15) is 0 Å². The highest BCUT2D eigenvalue weighted by Crippen LogP contribution is 2.43. The van der Waals surface area contributed by atoms with Crippen molar-refractivity contribution in [1.29, 1.82) is 0 Å². The summed E-state index contributed by atoms with van der Waals surface area (Å²) in [7, 11) is 0. The normalized spacial score (nSPS) is 11.6. The molecule has 3 heteroatoms. The molecule has 6 aromatic rings. The fraction of sp³-hybridized carbons (Fsp3) is 0.129. The molecule has 0 unspecified atom stereocenters. The zero-order valence-electron chi connectivity index (χ0n) is 19.7. The summed E-state index contributed by atoms with van der Waals surface area (Å²) in [6, 6.07) is 31.8. The molecule has 0 atom stereocenters. The maximum atomic E-state index is 13.2. The minimum atomic E-state index is 0.0146. The molecule has 4 aromatic carbocycles. The second-order valence-electron chi connectivity index (χ2n) is 8.96. The molecule has 0 bridgehead atoms. The SMILES string of the molecule is CCn1c2ccc(C)cc2c2cc3c(cc21)c(-c1ccccc1)c(-c1ccccc1)n3C(C)=O. The number of hydrogen-bond donors (Lipinski definition) is 0. The molecule has 34 heavy (non-hydrogen) atoms. The molecule has 3 nitrogen and oxygen atoms in total. The zero-order valence-corrected chi connectivity index (χ0v) is 19.7. The molecule has 6 rings (SSSR count). The summed E-state index contributed by atoms with van der Waals surface area (Å²) in [5.74, 6) is 0.0146. The van der Waals surface area contributed by atoms with Crippen molar-refractivity contribution < 1.29 is 4.79 Å². The maximum Gasteiger partial charge on any atom is 0.228 e. The maximum absolute atomic E-state index is 13.2. The van der Waals surface area contributed by atoms with Gasteiger partial charge in [0.15, 0.2) is 0 Å². The third kappa shape index (κ3) is 2.94. The topological polar surface area (TPSA) is 26.9 Å². The van der Waals surface area contributed by atoms with Crippen LogP contribution < -0.4 is 0 Å². The van der Waals surface area contributed by atoms with Gasteiger partial charge in [0.2, 0.25) is 5.91 Å². The first-order valence-corrected chi connectivity index (χ1v) is 11.8. The highest BCUT2D eigenvalue weighted by atomic mass is 16.1. The van der Waals surface area contributed by atoms with E-state index in [2.05, 4.69) is 85.1 Å². The summed E-state index contributed by atoms with van der Waals surface area (Å²) in [5.41, 5.74) is 8.82. The Hall–Kier alpha value is -4.11. The monoisotopic (exact) mass is 442 g/mol. The van der Waals surface area contributed by atoms with Gasteiger partial charge >= 0.3 is 0 Å². The lowest BCUT2D eigenvalue weighted by atomic mass is 9.97. The molecule has 0 aliphatic heterocycles. The minimum Gasteiger partial charge on any atom is -0.341 e. The largest absolute Gasteiger partial charge is 0.341 e. The second-order valence-corrected chi connectivity index (χ2v) is 8.96.